The van der Waals surface area contributed by atoms with Crippen molar-refractivity contribution in [2.45, 2.75) is 6.42 Å². The quantitative estimate of drug-likeness (QED) is 0.605. The summed E-state index contributed by atoms with van der Waals surface area (Å²) in [4.78, 5) is 0. The minimum Gasteiger partial charge on any atom is -0.619 e. The Labute approximate surface area is 105 Å². The van der Waals surface area contributed by atoms with Crippen molar-refractivity contribution < 1.29 is 9.47 Å². The van der Waals surface area contributed by atoms with Gasteiger partial charge in [-0.3, -0.25) is 0 Å². The molecule has 0 aliphatic rings. The summed E-state index contributed by atoms with van der Waals surface area (Å²) in [6.07, 6.45) is 3.65. The highest BCUT2D eigenvalue weighted by Gasteiger charge is 1.99. The number of benzene rings is 1. The minimum absolute atomic E-state index is 0.496. The molecule has 2 rings (SSSR count). The number of hydrogen-bond acceptors (Lipinski definition) is 3. The lowest BCUT2D eigenvalue weighted by Gasteiger charge is -2.05. The fourth-order valence-electron chi connectivity index (χ4n) is 1.56. The van der Waals surface area contributed by atoms with Gasteiger partial charge in [-0.2, -0.15) is 9.99 Å². The predicted molar refractivity (Wildman–Crippen MR) is 65.8 cm³/mol. The minimum atomic E-state index is 0.496. The lowest BCUT2D eigenvalue weighted by Crippen LogP contribution is -2.25. The number of nitrogens with zero attached hydrogens (tertiary/aromatic N) is 2. The largest absolute Gasteiger partial charge is 0.619 e. The molecule has 4 nitrogen and oxygen atoms in total. The highest BCUT2D eigenvalue weighted by Crippen LogP contribution is 2.11. The van der Waals surface area contributed by atoms with E-state index in [9.17, 15) is 5.21 Å². The summed E-state index contributed by atoms with van der Waals surface area (Å²) in [5.41, 5.74) is 1.54. The van der Waals surface area contributed by atoms with Crippen LogP contribution >= 0.6 is 0 Å². The standard InChI is InChI=1S/C14H12N2O2/c15-10-12-3-5-14(6-4-12)18-9-7-13-2-1-8-16(17)11-13/h1-6,8,11H,7,9H2. The third kappa shape index (κ3) is 3.22. The van der Waals surface area contributed by atoms with Crippen LogP contribution in [0.1, 0.15) is 11.1 Å². The second-order valence-electron chi connectivity index (χ2n) is 3.81. The molecule has 4 heteroatoms. The molecular formula is C14H12N2O2. The lowest BCUT2D eigenvalue weighted by molar-refractivity contribution is -0.605. The molecule has 0 bridgehead atoms. The summed E-state index contributed by atoms with van der Waals surface area (Å²) in [5.74, 6) is 0.722. The summed E-state index contributed by atoms with van der Waals surface area (Å²) in [7, 11) is 0. The van der Waals surface area contributed by atoms with Crippen LogP contribution < -0.4 is 9.47 Å². The molecule has 0 atom stereocenters. The Morgan fingerprint density at radius 3 is 2.67 bits per heavy atom. The van der Waals surface area contributed by atoms with Gasteiger partial charge < -0.3 is 9.94 Å². The lowest BCUT2D eigenvalue weighted by atomic mass is 10.2. The molecule has 0 aliphatic carbocycles. The summed E-state index contributed by atoms with van der Waals surface area (Å²) < 4.78 is 6.30. The van der Waals surface area contributed by atoms with Gasteiger partial charge >= 0.3 is 0 Å². The first kappa shape index (κ1) is 11.9. The predicted octanol–water partition coefficient (Wildman–Crippen LogP) is 1.81. The molecule has 1 aromatic carbocycles. The van der Waals surface area contributed by atoms with E-state index < -0.39 is 0 Å². The summed E-state index contributed by atoms with van der Waals surface area (Å²) in [6.45, 7) is 0.496. The van der Waals surface area contributed by atoms with E-state index in [1.165, 1.54) is 12.4 Å². The van der Waals surface area contributed by atoms with Crippen LogP contribution in [0.15, 0.2) is 48.8 Å². The molecule has 0 amide bonds. The molecule has 0 unspecified atom stereocenters. The highest BCUT2D eigenvalue weighted by atomic mass is 16.5. The fraction of sp³-hybridized carbons (Fsp3) is 0.143. The number of pyridine rings is 1. The van der Waals surface area contributed by atoms with Gasteiger partial charge in [0.2, 0.25) is 0 Å². The second kappa shape index (κ2) is 5.69. The average Bonchev–Trinajstić information content (AvgIpc) is 2.40. The number of aromatic nitrogens is 1. The first-order valence-corrected chi connectivity index (χ1v) is 5.58. The van der Waals surface area contributed by atoms with Gasteiger partial charge in [0.05, 0.1) is 18.2 Å². The van der Waals surface area contributed by atoms with Gasteiger partial charge in [-0.05, 0) is 30.3 Å². The van der Waals surface area contributed by atoms with Crippen molar-refractivity contribution in [3.63, 3.8) is 0 Å². The van der Waals surface area contributed by atoms with Crippen molar-refractivity contribution in [3.8, 4) is 11.8 Å². The zero-order valence-electron chi connectivity index (χ0n) is 9.74. The molecule has 0 N–H and O–H groups in total. The summed E-state index contributed by atoms with van der Waals surface area (Å²) >= 11 is 0. The van der Waals surface area contributed by atoms with E-state index in [1.54, 1.807) is 30.3 Å². The molecule has 0 saturated heterocycles. The first-order valence-electron chi connectivity index (χ1n) is 5.58. The molecule has 0 radical (unpaired) electrons. The van der Waals surface area contributed by atoms with Crippen LogP contribution in [0.3, 0.4) is 0 Å². The molecule has 1 heterocycles. The number of rotatable bonds is 4. The van der Waals surface area contributed by atoms with Crippen LogP contribution in [-0.4, -0.2) is 6.61 Å². The molecule has 0 spiro atoms. The third-order valence-electron chi connectivity index (χ3n) is 2.48. The van der Waals surface area contributed by atoms with Gasteiger partial charge in [-0.25, -0.2) is 0 Å². The molecule has 1 aromatic heterocycles. The summed E-state index contributed by atoms with van der Waals surface area (Å²) in [5, 5.41) is 19.7. The van der Waals surface area contributed by atoms with E-state index in [2.05, 4.69) is 0 Å². The number of ether oxygens (including phenoxy) is 1. The van der Waals surface area contributed by atoms with Crippen molar-refractivity contribution in [3.05, 3.63) is 65.1 Å². The zero-order valence-corrected chi connectivity index (χ0v) is 9.74. The van der Waals surface area contributed by atoms with Crippen LogP contribution in [-0.2, 0) is 6.42 Å². The fourth-order valence-corrected chi connectivity index (χ4v) is 1.56. The van der Waals surface area contributed by atoms with Crippen LogP contribution in [0.2, 0.25) is 0 Å². The van der Waals surface area contributed by atoms with Crippen LogP contribution in [0.4, 0.5) is 0 Å². The number of hydrogen-bond donors (Lipinski definition) is 0. The average molecular weight is 240 g/mol. The maximum absolute atomic E-state index is 11.0. The molecule has 90 valence electrons. The van der Waals surface area contributed by atoms with Crippen LogP contribution in [0.25, 0.3) is 0 Å². The van der Waals surface area contributed by atoms with E-state index in [4.69, 9.17) is 10.00 Å². The van der Waals surface area contributed by atoms with Crippen molar-refractivity contribution in [1.29, 1.82) is 5.26 Å². The summed E-state index contributed by atoms with van der Waals surface area (Å²) in [6, 6.07) is 12.6. The first-order chi connectivity index (χ1) is 8.78. The zero-order chi connectivity index (χ0) is 12.8. The van der Waals surface area contributed by atoms with Crippen molar-refractivity contribution >= 4 is 0 Å². The van der Waals surface area contributed by atoms with Crippen molar-refractivity contribution in [1.82, 2.24) is 0 Å². The van der Waals surface area contributed by atoms with Gasteiger partial charge in [0.1, 0.15) is 5.75 Å². The Bertz CT molecular complexity index is 559. The molecule has 0 fully saturated rings. The molecule has 0 saturated carbocycles. The molecular weight excluding hydrogens is 228 g/mol. The normalized spacial score (nSPS) is 9.72. The molecule has 2 aromatic rings. The SMILES string of the molecule is N#Cc1ccc(OCCc2ccc[n+]([O-])c2)cc1. The van der Waals surface area contributed by atoms with E-state index in [1.807, 2.05) is 12.1 Å². The monoisotopic (exact) mass is 240 g/mol. The van der Waals surface area contributed by atoms with Gasteiger partial charge in [-0.1, -0.05) is 0 Å². The van der Waals surface area contributed by atoms with E-state index in [0.717, 1.165) is 16.0 Å². The topological polar surface area (TPSA) is 60.0 Å². The van der Waals surface area contributed by atoms with Crippen LogP contribution in [0, 0.1) is 16.5 Å². The second-order valence-corrected chi connectivity index (χ2v) is 3.81. The third-order valence-corrected chi connectivity index (χ3v) is 2.48. The van der Waals surface area contributed by atoms with Gasteiger partial charge in [0.25, 0.3) is 0 Å². The van der Waals surface area contributed by atoms with Gasteiger partial charge in [0.15, 0.2) is 12.4 Å². The Morgan fingerprint density at radius 1 is 1.22 bits per heavy atom. The molecule has 18 heavy (non-hydrogen) atoms. The van der Waals surface area contributed by atoms with Crippen LogP contribution in [0.5, 0.6) is 5.75 Å². The van der Waals surface area contributed by atoms with E-state index >= 15 is 0 Å². The maximum atomic E-state index is 11.0. The van der Waals surface area contributed by atoms with E-state index in [0.29, 0.717) is 18.6 Å². The van der Waals surface area contributed by atoms with Crippen molar-refractivity contribution in [2.24, 2.45) is 0 Å². The molecule has 0 aliphatic heterocycles. The van der Waals surface area contributed by atoms with Crippen molar-refractivity contribution in [2.75, 3.05) is 6.61 Å². The van der Waals surface area contributed by atoms with Gasteiger partial charge in [0, 0.05) is 18.1 Å². The Balaban J connectivity index is 1.86. The Kier molecular flexibility index (Phi) is 3.77. The number of nitriles is 1. The maximum Gasteiger partial charge on any atom is 0.183 e. The Morgan fingerprint density at radius 2 is 2.00 bits per heavy atom. The Hall–Kier alpha value is -2.54. The highest BCUT2D eigenvalue weighted by molar-refractivity contribution is 5.34. The van der Waals surface area contributed by atoms with Gasteiger partial charge in [-0.15, -0.1) is 0 Å². The smallest absolute Gasteiger partial charge is 0.183 e. The van der Waals surface area contributed by atoms with E-state index in [-0.39, 0.29) is 0 Å².